The number of anilines is 1. The Morgan fingerprint density at radius 2 is 1.64 bits per heavy atom. The molecule has 1 saturated carbocycles. The molecule has 0 radical (unpaired) electrons. The Labute approximate surface area is 337 Å². The number of nitrogens with zero attached hydrogens (tertiary/aromatic N) is 4. The molecule has 1 atom stereocenters. The molecule has 1 aliphatic carbocycles. The molecule has 4 aliphatic rings. The van der Waals surface area contributed by atoms with Crippen molar-refractivity contribution in [3.63, 3.8) is 0 Å². The number of alkyl halides is 3. The molecule has 3 aromatic carbocycles. The fourth-order valence-corrected chi connectivity index (χ4v) is 8.87. The number of likely N-dealkylation sites (tertiary alicyclic amines) is 1. The lowest BCUT2D eigenvalue weighted by atomic mass is 9.86. The summed E-state index contributed by atoms with van der Waals surface area (Å²) in [6.07, 6.45) is 1.44. The monoisotopic (exact) mass is 814 g/mol. The highest BCUT2D eigenvalue weighted by molar-refractivity contribution is 6.23. The number of nitrogens with one attached hydrogen (secondary N) is 2. The minimum absolute atomic E-state index is 0.00166. The zero-order valence-electron chi connectivity index (χ0n) is 32.3. The normalized spacial score (nSPS) is 21.8. The van der Waals surface area contributed by atoms with Crippen molar-refractivity contribution in [3.05, 3.63) is 88.5 Å². The number of halogens is 3. The zero-order valence-corrected chi connectivity index (χ0v) is 32.3. The van der Waals surface area contributed by atoms with Gasteiger partial charge in [-0.1, -0.05) is 12.1 Å². The smallest absolute Gasteiger partial charge is 0.416 e. The maximum Gasteiger partial charge on any atom is 0.416 e. The minimum atomic E-state index is -4.58. The van der Waals surface area contributed by atoms with Gasteiger partial charge in [-0.05, 0) is 130 Å². The second kappa shape index (κ2) is 16.6. The van der Waals surface area contributed by atoms with E-state index >= 15 is 0 Å². The number of hydrogen-bond acceptors (Lipinski definition) is 9. The Bertz CT molecular complexity index is 2290. The van der Waals surface area contributed by atoms with Gasteiger partial charge in [0.1, 0.15) is 11.8 Å². The number of carbonyl (C=O) groups excluding carboxylic acids is 5. The number of ether oxygens (including phenoxy) is 1. The summed E-state index contributed by atoms with van der Waals surface area (Å²) in [5, 5.41) is 14.7. The summed E-state index contributed by atoms with van der Waals surface area (Å²) >= 11 is 0. The topological polar surface area (TPSA) is 163 Å². The molecule has 0 spiro atoms. The van der Waals surface area contributed by atoms with Gasteiger partial charge in [0.25, 0.3) is 17.7 Å². The van der Waals surface area contributed by atoms with Gasteiger partial charge in [0.05, 0.1) is 34.3 Å². The summed E-state index contributed by atoms with van der Waals surface area (Å²) in [7, 11) is 0. The number of carbonyl (C=O) groups is 5. The van der Waals surface area contributed by atoms with Gasteiger partial charge >= 0.3 is 6.18 Å². The van der Waals surface area contributed by atoms with E-state index in [1.54, 1.807) is 12.1 Å². The molecule has 59 heavy (non-hydrogen) atoms. The van der Waals surface area contributed by atoms with Gasteiger partial charge in [-0.15, -0.1) is 0 Å². The van der Waals surface area contributed by atoms with Gasteiger partial charge in [-0.2, -0.15) is 13.2 Å². The van der Waals surface area contributed by atoms with Gasteiger partial charge in [-0.25, -0.2) is 4.98 Å². The van der Waals surface area contributed by atoms with E-state index in [0.717, 1.165) is 86.1 Å². The second-order valence-electron chi connectivity index (χ2n) is 16.0. The van der Waals surface area contributed by atoms with Crippen molar-refractivity contribution >= 4 is 46.5 Å². The number of aliphatic hydroxyl groups is 1. The Hall–Kier alpha value is -5.61. The predicted molar refractivity (Wildman–Crippen MR) is 208 cm³/mol. The molecule has 3 aliphatic heterocycles. The summed E-state index contributed by atoms with van der Waals surface area (Å²) in [6.45, 7) is 2.97. The van der Waals surface area contributed by atoms with Crippen LogP contribution in [0, 0.1) is 11.8 Å². The quantitative estimate of drug-likeness (QED) is 0.152. The van der Waals surface area contributed by atoms with Gasteiger partial charge in [0.15, 0.2) is 0 Å². The first-order valence-electron chi connectivity index (χ1n) is 20.2. The van der Waals surface area contributed by atoms with E-state index in [9.17, 15) is 42.3 Å². The fourth-order valence-electron chi connectivity index (χ4n) is 8.87. The van der Waals surface area contributed by atoms with Crippen molar-refractivity contribution in [1.29, 1.82) is 0 Å². The van der Waals surface area contributed by atoms with E-state index in [0.29, 0.717) is 30.3 Å². The number of imide groups is 2. The molecule has 0 bridgehead atoms. The lowest BCUT2D eigenvalue weighted by molar-refractivity contribution is -0.138. The molecule has 13 nitrogen and oxygen atoms in total. The molecular formula is C43H45F3N6O7. The Balaban J connectivity index is 0.874. The van der Waals surface area contributed by atoms with Crippen molar-refractivity contribution in [2.24, 2.45) is 11.8 Å². The van der Waals surface area contributed by atoms with E-state index in [1.165, 1.54) is 18.2 Å². The van der Waals surface area contributed by atoms with Crippen LogP contribution < -0.4 is 15.4 Å². The van der Waals surface area contributed by atoms with Crippen LogP contribution in [-0.4, -0.2) is 86.3 Å². The van der Waals surface area contributed by atoms with Crippen molar-refractivity contribution in [3.8, 4) is 5.75 Å². The number of piperidine rings is 2. The van der Waals surface area contributed by atoms with Crippen LogP contribution in [0.1, 0.15) is 106 Å². The maximum atomic E-state index is 13.4. The highest BCUT2D eigenvalue weighted by Crippen LogP contribution is 2.38. The molecular weight excluding hydrogens is 770 g/mol. The first kappa shape index (κ1) is 40.2. The number of rotatable bonds is 11. The third-order valence-electron chi connectivity index (χ3n) is 12.2. The number of aliphatic hydroxyl groups excluding tert-OH is 1. The van der Waals surface area contributed by atoms with Crippen LogP contribution >= 0.6 is 0 Å². The SMILES string of the molecule is O=C1CCC(N2C(=O)c3ccc(OCCC4CCN(Cc5ccc6c(c5)nc(NC(=O)c5cccc(C(F)(F)F)c5)n6C5CCC(CO)CC5)CC4)cc3C2=O)C(=O)N1. The van der Waals surface area contributed by atoms with Gasteiger partial charge in [-0.3, -0.25) is 44.4 Å². The lowest BCUT2D eigenvalue weighted by Gasteiger charge is -2.32. The van der Waals surface area contributed by atoms with Crippen LogP contribution in [0.25, 0.3) is 11.0 Å². The molecule has 3 fully saturated rings. The Morgan fingerprint density at radius 1 is 0.881 bits per heavy atom. The number of hydrogen-bond donors (Lipinski definition) is 3. The summed E-state index contributed by atoms with van der Waals surface area (Å²) in [4.78, 5) is 71.6. The Morgan fingerprint density at radius 3 is 2.37 bits per heavy atom. The molecule has 4 heterocycles. The molecule has 5 amide bonds. The van der Waals surface area contributed by atoms with E-state index in [2.05, 4.69) is 21.6 Å². The zero-order chi connectivity index (χ0) is 41.4. The fraction of sp³-hybridized carbons (Fsp3) is 0.442. The van der Waals surface area contributed by atoms with Crippen molar-refractivity contribution in [2.45, 2.75) is 82.6 Å². The summed E-state index contributed by atoms with van der Waals surface area (Å²) in [5.74, 6) is -1.52. The molecule has 3 N–H and O–H groups in total. The number of aromatic nitrogens is 2. The second-order valence-corrected chi connectivity index (χ2v) is 16.0. The molecule has 2 saturated heterocycles. The van der Waals surface area contributed by atoms with Crippen LogP contribution in [0.2, 0.25) is 0 Å². The number of imidazole rings is 1. The van der Waals surface area contributed by atoms with Gasteiger partial charge in [0, 0.05) is 31.2 Å². The molecule has 1 unspecified atom stereocenters. The van der Waals surface area contributed by atoms with Crippen molar-refractivity contribution in [2.75, 3.05) is 31.6 Å². The summed E-state index contributed by atoms with van der Waals surface area (Å²) < 4.78 is 48.2. The first-order chi connectivity index (χ1) is 28.4. The van der Waals surface area contributed by atoms with Crippen LogP contribution in [0.5, 0.6) is 5.75 Å². The maximum absolute atomic E-state index is 13.4. The average molecular weight is 815 g/mol. The van der Waals surface area contributed by atoms with Gasteiger partial charge in [0.2, 0.25) is 17.8 Å². The van der Waals surface area contributed by atoms with Gasteiger partial charge < -0.3 is 14.4 Å². The molecule has 4 aromatic rings. The summed E-state index contributed by atoms with van der Waals surface area (Å²) in [5.41, 5.74) is 1.91. The van der Waals surface area contributed by atoms with Crippen LogP contribution in [-0.2, 0) is 22.3 Å². The third-order valence-corrected chi connectivity index (χ3v) is 12.2. The van der Waals surface area contributed by atoms with E-state index in [-0.39, 0.29) is 54.0 Å². The molecule has 8 rings (SSSR count). The van der Waals surface area contributed by atoms with E-state index < -0.39 is 47.3 Å². The lowest BCUT2D eigenvalue weighted by Crippen LogP contribution is -2.54. The molecule has 16 heteroatoms. The van der Waals surface area contributed by atoms with Crippen molar-refractivity contribution < 1.29 is 47.0 Å². The third kappa shape index (κ3) is 8.46. The minimum Gasteiger partial charge on any atom is -0.494 e. The average Bonchev–Trinajstić information content (AvgIpc) is 3.70. The van der Waals surface area contributed by atoms with E-state index in [1.807, 2.05) is 16.7 Å². The predicted octanol–water partition coefficient (Wildman–Crippen LogP) is 6.11. The van der Waals surface area contributed by atoms with Crippen LogP contribution in [0.3, 0.4) is 0 Å². The largest absolute Gasteiger partial charge is 0.494 e. The van der Waals surface area contributed by atoms with Crippen LogP contribution in [0.4, 0.5) is 19.1 Å². The molecule has 1 aromatic heterocycles. The standard InChI is InChI=1S/C43H45F3N6O7/c44-43(45,46)29-3-1-2-28(21-29)38(55)49-42-47-34-20-27(6-11-35(34)51(42)30-7-4-26(24-53)5-8-30)23-50-17-14-25(15-18-50)16-19-59-31-9-10-32-33(22-31)41(58)52(40(32)57)36-12-13-37(54)48-39(36)56/h1-3,6,9-11,20-22,25-26,30,36,53H,4-5,7-8,12-19,23-24H2,(H,47,49,55)(H,48,54,56). The number of fused-ring (bicyclic) bond motifs is 2. The van der Waals surface area contributed by atoms with Crippen LogP contribution in [0.15, 0.2) is 60.7 Å². The van der Waals surface area contributed by atoms with E-state index in [4.69, 9.17) is 9.72 Å². The summed E-state index contributed by atoms with van der Waals surface area (Å²) in [6, 6.07) is 14.1. The highest BCUT2D eigenvalue weighted by Gasteiger charge is 2.45. The molecule has 310 valence electrons. The Kier molecular flexibility index (Phi) is 11.3. The number of benzene rings is 3. The first-order valence-corrected chi connectivity index (χ1v) is 20.2. The highest BCUT2D eigenvalue weighted by atomic mass is 19.4. The van der Waals surface area contributed by atoms with Crippen molar-refractivity contribution in [1.82, 2.24) is 24.7 Å². The number of amides is 5.